The monoisotopic (exact) mass is 240 g/mol. The molecule has 0 aromatic carbocycles. The van der Waals surface area contributed by atoms with Crippen molar-refractivity contribution >= 4 is 28.3 Å². The molecule has 1 aromatic heterocycles. The number of nitrogens with one attached hydrogen (secondary N) is 2. The molecule has 2 amide bonds. The quantitative estimate of drug-likeness (QED) is 0.790. The van der Waals surface area contributed by atoms with Crippen LogP contribution in [0.2, 0.25) is 0 Å². The van der Waals surface area contributed by atoms with Crippen LogP contribution in [0, 0.1) is 11.8 Å². The summed E-state index contributed by atoms with van der Waals surface area (Å²) in [6.07, 6.45) is 0.920. The average molecular weight is 240 g/mol. The fourth-order valence-corrected chi connectivity index (χ4v) is 1.84. The molecule has 2 unspecified atom stereocenters. The smallest absolute Gasteiger partial charge is 0.245 e. The highest BCUT2D eigenvalue weighted by Gasteiger charge is 2.38. The van der Waals surface area contributed by atoms with E-state index in [0.717, 1.165) is 6.42 Å². The molecular formula is C9H12N4O2S. The van der Waals surface area contributed by atoms with Gasteiger partial charge in [-0.1, -0.05) is 18.3 Å². The lowest BCUT2D eigenvalue weighted by Crippen LogP contribution is -2.34. The van der Waals surface area contributed by atoms with Gasteiger partial charge >= 0.3 is 0 Å². The lowest BCUT2D eigenvalue weighted by atomic mass is 10.3. The molecular weight excluding hydrogens is 228 g/mol. The van der Waals surface area contributed by atoms with Crippen molar-refractivity contribution in [2.75, 3.05) is 11.9 Å². The fourth-order valence-electron chi connectivity index (χ4n) is 1.38. The number of anilines is 1. The van der Waals surface area contributed by atoms with Gasteiger partial charge in [0.25, 0.3) is 0 Å². The topological polar surface area (TPSA) is 84.0 Å². The minimum atomic E-state index is -0.279. The van der Waals surface area contributed by atoms with Gasteiger partial charge in [-0.2, -0.15) is 0 Å². The molecule has 1 aliphatic carbocycles. The van der Waals surface area contributed by atoms with Gasteiger partial charge in [0.05, 0.1) is 6.54 Å². The zero-order chi connectivity index (χ0) is 11.5. The van der Waals surface area contributed by atoms with Gasteiger partial charge in [0.2, 0.25) is 16.9 Å². The molecule has 6 nitrogen and oxygen atoms in total. The van der Waals surface area contributed by atoms with Crippen LogP contribution in [-0.2, 0) is 9.59 Å². The average Bonchev–Trinajstić information content (AvgIpc) is 2.77. The number of aromatic nitrogens is 2. The first-order valence-electron chi connectivity index (χ1n) is 5.00. The first kappa shape index (κ1) is 11.0. The van der Waals surface area contributed by atoms with Crippen molar-refractivity contribution in [2.24, 2.45) is 11.8 Å². The van der Waals surface area contributed by atoms with E-state index in [-0.39, 0.29) is 24.3 Å². The number of hydrogen-bond acceptors (Lipinski definition) is 5. The fraction of sp³-hybridized carbons (Fsp3) is 0.556. The summed E-state index contributed by atoms with van der Waals surface area (Å²) in [5.74, 6) is 0.221. The van der Waals surface area contributed by atoms with Crippen molar-refractivity contribution in [3.8, 4) is 0 Å². The molecule has 0 saturated heterocycles. The maximum absolute atomic E-state index is 11.4. The maximum atomic E-state index is 11.4. The predicted octanol–water partition coefficient (Wildman–Crippen LogP) is 0.249. The molecule has 7 heteroatoms. The van der Waals surface area contributed by atoms with Crippen LogP contribution in [0.25, 0.3) is 0 Å². The third kappa shape index (κ3) is 2.75. The molecule has 0 bridgehead atoms. The number of rotatable bonds is 4. The molecule has 2 N–H and O–H groups in total. The Hall–Kier alpha value is -1.50. The van der Waals surface area contributed by atoms with E-state index in [1.54, 1.807) is 0 Å². The Morgan fingerprint density at radius 3 is 2.94 bits per heavy atom. The van der Waals surface area contributed by atoms with E-state index >= 15 is 0 Å². The van der Waals surface area contributed by atoms with Crippen LogP contribution >= 0.6 is 11.3 Å². The predicted molar refractivity (Wildman–Crippen MR) is 58.8 cm³/mol. The van der Waals surface area contributed by atoms with E-state index in [4.69, 9.17) is 0 Å². The molecule has 0 aliphatic heterocycles. The summed E-state index contributed by atoms with van der Waals surface area (Å²) in [6, 6.07) is 0. The molecule has 1 aliphatic rings. The van der Waals surface area contributed by atoms with Gasteiger partial charge < -0.3 is 5.32 Å². The van der Waals surface area contributed by atoms with Crippen LogP contribution in [0.5, 0.6) is 0 Å². The molecule has 2 rings (SSSR count). The maximum Gasteiger partial charge on any atom is 0.245 e. The van der Waals surface area contributed by atoms with Crippen molar-refractivity contribution in [3.05, 3.63) is 5.51 Å². The molecule has 16 heavy (non-hydrogen) atoms. The Morgan fingerprint density at radius 1 is 1.62 bits per heavy atom. The third-order valence-corrected chi connectivity index (χ3v) is 3.08. The molecule has 1 fully saturated rings. The summed E-state index contributed by atoms with van der Waals surface area (Å²) >= 11 is 1.24. The van der Waals surface area contributed by atoms with Gasteiger partial charge in [0, 0.05) is 5.92 Å². The van der Waals surface area contributed by atoms with Crippen LogP contribution < -0.4 is 10.6 Å². The van der Waals surface area contributed by atoms with Gasteiger partial charge in [-0.15, -0.1) is 10.2 Å². The second-order valence-corrected chi connectivity index (χ2v) is 4.66. The Bertz CT molecular complexity index is 392. The third-order valence-electron chi connectivity index (χ3n) is 2.48. The van der Waals surface area contributed by atoms with Crippen LogP contribution in [0.15, 0.2) is 5.51 Å². The van der Waals surface area contributed by atoms with Crippen molar-refractivity contribution in [2.45, 2.75) is 13.3 Å². The normalized spacial score (nSPS) is 22.6. The van der Waals surface area contributed by atoms with Gasteiger partial charge in [0.15, 0.2) is 0 Å². The standard InChI is InChI=1S/C9H12N4O2S/c1-5-2-6(5)8(15)10-3-7(14)12-9-13-11-4-16-9/h4-6H,2-3H2,1H3,(H,10,15)(H,12,13,14). The van der Waals surface area contributed by atoms with Gasteiger partial charge in [-0.05, 0) is 12.3 Å². The Balaban J connectivity index is 1.70. The Morgan fingerprint density at radius 2 is 2.38 bits per heavy atom. The van der Waals surface area contributed by atoms with Crippen LogP contribution in [0.4, 0.5) is 5.13 Å². The molecule has 2 atom stereocenters. The number of nitrogens with zero attached hydrogens (tertiary/aromatic N) is 2. The molecule has 86 valence electrons. The zero-order valence-electron chi connectivity index (χ0n) is 8.77. The molecule has 0 spiro atoms. The Labute approximate surface area is 96.5 Å². The van der Waals surface area contributed by atoms with Crippen molar-refractivity contribution in [1.82, 2.24) is 15.5 Å². The van der Waals surface area contributed by atoms with Gasteiger partial charge in [-0.3, -0.25) is 14.9 Å². The number of hydrogen-bond donors (Lipinski definition) is 2. The van der Waals surface area contributed by atoms with Crippen LogP contribution in [0.3, 0.4) is 0 Å². The Kier molecular flexibility index (Phi) is 3.14. The van der Waals surface area contributed by atoms with Crippen molar-refractivity contribution in [1.29, 1.82) is 0 Å². The SMILES string of the molecule is CC1CC1C(=O)NCC(=O)Nc1nncs1. The first-order valence-corrected chi connectivity index (χ1v) is 5.88. The summed E-state index contributed by atoms with van der Waals surface area (Å²) < 4.78 is 0. The lowest BCUT2D eigenvalue weighted by molar-refractivity contribution is -0.125. The summed E-state index contributed by atoms with van der Waals surface area (Å²) in [5, 5.41) is 12.8. The van der Waals surface area contributed by atoms with Gasteiger partial charge in [-0.25, -0.2) is 0 Å². The van der Waals surface area contributed by atoms with E-state index in [0.29, 0.717) is 11.0 Å². The second kappa shape index (κ2) is 4.56. The summed E-state index contributed by atoms with van der Waals surface area (Å²) in [6.45, 7) is 2.01. The van der Waals surface area contributed by atoms with E-state index in [2.05, 4.69) is 20.8 Å². The molecule has 0 radical (unpaired) electrons. The zero-order valence-corrected chi connectivity index (χ0v) is 9.58. The summed E-state index contributed by atoms with van der Waals surface area (Å²) in [4.78, 5) is 22.8. The van der Waals surface area contributed by atoms with Crippen molar-refractivity contribution < 1.29 is 9.59 Å². The number of carbonyl (C=O) groups is 2. The summed E-state index contributed by atoms with van der Waals surface area (Å²) in [7, 11) is 0. The minimum absolute atomic E-state index is 0.0123. The highest BCUT2D eigenvalue weighted by Crippen LogP contribution is 2.37. The molecule has 1 heterocycles. The van der Waals surface area contributed by atoms with E-state index in [1.165, 1.54) is 16.8 Å². The van der Waals surface area contributed by atoms with E-state index in [1.807, 2.05) is 6.92 Å². The van der Waals surface area contributed by atoms with E-state index < -0.39 is 0 Å². The molecule has 1 aromatic rings. The largest absolute Gasteiger partial charge is 0.347 e. The summed E-state index contributed by atoms with van der Waals surface area (Å²) in [5.41, 5.74) is 1.53. The second-order valence-electron chi connectivity index (χ2n) is 3.83. The number of amides is 2. The highest BCUT2D eigenvalue weighted by atomic mass is 32.1. The van der Waals surface area contributed by atoms with Crippen LogP contribution in [-0.4, -0.2) is 28.6 Å². The minimum Gasteiger partial charge on any atom is -0.347 e. The number of carbonyl (C=O) groups excluding carboxylic acids is 2. The highest BCUT2D eigenvalue weighted by molar-refractivity contribution is 7.13. The molecule has 1 saturated carbocycles. The first-order chi connectivity index (χ1) is 7.66. The van der Waals surface area contributed by atoms with Gasteiger partial charge in [0.1, 0.15) is 5.51 Å². The van der Waals surface area contributed by atoms with Crippen molar-refractivity contribution in [3.63, 3.8) is 0 Å². The van der Waals surface area contributed by atoms with E-state index in [9.17, 15) is 9.59 Å². The van der Waals surface area contributed by atoms with Crippen LogP contribution in [0.1, 0.15) is 13.3 Å². The lowest BCUT2D eigenvalue weighted by Gasteiger charge is -2.03.